The molecule has 1 aliphatic carbocycles. The van der Waals surface area contributed by atoms with Crippen molar-refractivity contribution >= 4 is 12.3 Å². The van der Waals surface area contributed by atoms with Crippen LogP contribution in [0.1, 0.15) is 51.9 Å². The van der Waals surface area contributed by atoms with E-state index in [0.717, 1.165) is 18.8 Å². The smallest absolute Gasteiger partial charge is 0.450 e. The molecule has 1 rings (SSSR count). The van der Waals surface area contributed by atoms with Crippen molar-refractivity contribution in [1.29, 1.82) is 0 Å². The van der Waals surface area contributed by atoms with E-state index >= 15 is 0 Å². The van der Waals surface area contributed by atoms with Gasteiger partial charge in [-0.1, -0.05) is 39.0 Å². The van der Waals surface area contributed by atoms with Crippen LogP contribution in [0.4, 0.5) is 9.59 Å². The van der Waals surface area contributed by atoms with Crippen molar-refractivity contribution in [3.05, 3.63) is 0 Å². The first-order chi connectivity index (χ1) is 9.33. The normalized spacial score (nSPS) is 20.7. The van der Waals surface area contributed by atoms with Gasteiger partial charge in [0, 0.05) is 0 Å². The first kappa shape index (κ1) is 20.8. The summed E-state index contributed by atoms with van der Waals surface area (Å²) in [5.74, 6) is 0.802. The van der Waals surface area contributed by atoms with Crippen molar-refractivity contribution in [3.8, 4) is 0 Å². The topological polar surface area (TPSA) is 145 Å². The van der Waals surface area contributed by atoms with Crippen LogP contribution in [-0.2, 0) is 4.89 Å². The first-order valence-corrected chi connectivity index (χ1v) is 6.47. The Morgan fingerprint density at radius 3 is 2.00 bits per heavy atom. The lowest BCUT2D eigenvalue weighted by Crippen LogP contribution is -2.21. The second-order valence-corrected chi connectivity index (χ2v) is 4.47. The van der Waals surface area contributed by atoms with Crippen LogP contribution in [0.25, 0.3) is 0 Å². The number of hydrogen-bond donors (Lipinski definition) is 5. The van der Waals surface area contributed by atoms with E-state index < -0.39 is 12.3 Å². The molecule has 8 nitrogen and oxygen atoms in total. The Morgan fingerprint density at radius 1 is 1.10 bits per heavy atom. The summed E-state index contributed by atoms with van der Waals surface area (Å²) in [5, 5.41) is 36.4. The Morgan fingerprint density at radius 2 is 1.60 bits per heavy atom. The maximum atomic E-state index is 8.56. The van der Waals surface area contributed by atoms with Crippen LogP contribution in [0.15, 0.2) is 0 Å². The van der Waals surface area contributed by atoms with Gasteiger partial charge in [-0.2, -0.15) is 0 Å². The van der Waals surface area contributed by atoms with Crippen LogP contribution in [0.2, 0.25) is 0 Å². The highest BCUT2D eigenvalue weighted by molar-refractivity contribution is 5.53. The minimum Gasteiger partial charge on any atom is -0.450 e. The van der Waals surface area contributed by atoms with Gasteiger partial charge in [0.25, 0.3) is 0 Å². The number of rotatable bonds is 4. The van der Waals surface area contributed by atoms with Crippen molar-refractivity contribution < 1.29 is 40.2 Å². The van der Waals surface area contributed by atoms with E-state index in [9.17, 15) is 0 Å². The van der Waals surface area contributed by atoms with Gasteiger partial charge in [-0.05, 0) is 18.8 Å². The predicted octanol–water partition coefficient (Wildman–Crippen LogP) is 3.67. The van der Waals surface area contributed by atoms with E-state index in [1.54, 1.807) is 0 Å². The summed E-state index contributed by atoms with van der Waals surface area (Å²) in [5.41, 5.74) is 0. The summed E-state index contributed by atoms with van der Waals surface area (Å²) in [6, 6.07) is 0. The third kappa shape index (κ3) is 18.8. The summed E-state index contributed by atoms with van der Waals surface area (Å²) in [6.45, 7) is 2.23. The molecule has 120 valence electrons. The SMILES string of the molecule is CCCCC1CCCC(OO)C1.O=C(O)O.O=C(O)O. The molecule has 1 fully saturated rings. The summed E-state index contributed by atoms with van der Waals surface area (Å²) in [7, 11) is 0. The monoisotopic (exact) mass is 296 g/mol. The maximum Gasteiger partial charge on any atom is 0.503 e. The van der Waals surface area contributed by atoms with Gasteiger partial charge < -0.3 is 20.4 Å². The molecule has 1 aliphatic rings. The van der Waals surface area contributed by atoms with Gasteiger partial charge in [-0.15, -0.1) is 0 Å². The number of carbonyl (C=O) groups is 2. The largest absolute Gasteiger partial charge is 0.503 e. The zero-order valence-corrected chi connectivity index (χ0v) is 11.6. The lowest BCUT2D eigenvalue weighted by molar-refractivity contribution is -0.286. The molecule has 0 saturated heterocycles. The molecule has 1 saturated carbocycles. The summed E-state index contributed by atoms with van der Waals surface area (Å²) in [4.78, 5) is 21.5. The molecule has 2 atom stereocenters. The zero-order valence-electron chi connectivity index (χ0n) is 11.6. The maximum absolute atomic E-state index is 8.56. The Kier molecular flexibility index (Phi) is 14.4. The third-order valence-electron chi connectivity index (χ3n) is 2.85. The highest BCUT2D eigenvalue weighted by atomic mass is 17.1. The lowest BCUT2D eigenvalue weighted by atomic mass is 9.84. The molecule has 0 radical (unpaired) electrons. The van der Waals surface area contributed by atoms with E-state index in [1.165, 1.54) is 32.1 Å². The van der Waals surface area contributed by atoms with Crippen LogP contribution in [0.5, 0.6) is 0 Å². The van der Waals surface area contributed by atoms with Crippen LogP contribution < -0.4 is 0 Å². The zero-order chi connectivity index (χ0) is 16.0. The highest BCUT2D eigenvalue weighted by Gasteiger charge is 2.21. The molecule has 0 aromatic carbocycles. The van der Waals surface area contributed by atoms with Gasteiger partial charge in [0.05, 0.1) is 6.10 Å². The lowest BCUT2D eigenvalue weighted by Gasteiger charge is -2.26. The van der Waals surface area contributed by atoms with Gasteiger partial charge >= 0.3 is 12.3 Å². The predicted molar refractivity (Wildman–Crippen MR) is 70.3 cm³/mol. The van der Waals surface area contributed by atoms with Gasteiger partial charge in [0.2, 0.25) is 0 Å². The van der Waals surface area contributed by atoms with Gasteiger partial charge in [0.1, 0.15) is 0 Å². The second-order valence-electron chi connectivity index (χ2n) is 4.47. The van der Waals surface area contributed by atoms with Gasteiger partial charge in [0.15, 0.2) is 0 Å². The van der Waals surface area contributed by atoms with E-state index in [4.69, 9.17) is 35.3 Å². The minimum absolute atomic E-state index is 0.126. The molecule has 0 aliphatic heterocycles. The fourth-order valence-electron chi connectivity index (χ4n) is 2.09. The Bertz CT molecular complexity index is 236. The average molecular weight is 296 g/mol. The Labute approximate surface area is 117 Å². The highest BCUT2D eigenvalue weighted by Crippen LogP contribution is 2.29. The summed E-state index contributed by atoms with van der Waals surface area (Å²) < 4.78 is 0. The first-order valence-electron chi connectivity index (χ1n) is 6.47. The molecule has 0 aromatic rings. The molecule has 20 heavy (non-hydrogen) atoms. The summed E-state index contributed by atoms with van der Waals surface area (Å²) in [6.07, 6.45) is 5.04. The summed E-state index contributed by atoms with van der Waals surface area (Å²) >= 11 is 0. The van der Waals surface area contributed by atoms with Crippen LogP contribution in [0.3, 0.4) is 0 Å². The van der Waals surface area contributed by atoms with Crippen molar-refractivity contribution in [3.63, 3.8) is 0 Å². The molecule has 5 N–H and O–H groups in total. The molecule has 2 unspecified atom stereocenters. The number of unbranched alkanes of at least 4 members (excludes halogenated alkanes) is 1. The quantitative estimate of drug-likeness (QED) is 0.390. The minimum atomic E-state index is -1.83. The standard InChI is InChI=1S/C10H20O2.2CH2O3/c1-2-3-5-9-6-4-7-10(8-9)12-11;2*2-1(3)4/h9-11H,2-8H2,1H3;2*(H2,2,3,4). The molecule has 0 aromatic heterocycles. The molecule has 0 bridgehead atoms. The fraction of sp³-hybridized carbons (Fsp3) is 0.833. The van der Waals surface area contributed by atoms with Crippen LogP contribution in [0, 0.1) is 5.92 Å². The molecule has 0 heterocycles. The van der Waals surface area contributed by atoms with Crippen molar-refractivity contribution in [2.45, 2.75) is 58.0 Å². The molecular weight excluding hydrogens is 272 g/mol. The number of carboxylic acid groups (broad SMARTS) is 4. The van der Waals surface area contributed by atoms with E-state index in [1.807, 2.05) is 0 Å². The fourth-order valence-corrected chi connectivity index (χ4v) is 2.09. The molecule has 0 amide bonds. The van der Waals surface area contributed by atoms with Crippen molar-refractivity contribution in [1.82, 2.24) is 0 Å². The van der Waals surface area contributed by atoms with Crippen molar-refractivity contribution in [2.75, 3.05) is 0 Å². The molecular formula is C12H24O8. The Balaban J connectivity index is 0. The molecule has 8 heteroatoms. The van der Waals surface area contributed by atoms with E-state index in [-0.39, 0.29) is 6.10 Å². The van der Waals surface area contributed by atoms with E-state index in [2.05, 4.69) is 11.8 Å². The van der Waals surface area contributed by atoms with Crippen molar-refractivity contribution in [2.24, 2.45) is 5.92 Å². The average Bonchev–Trinajstić information content (AvgIpc) is 2.35. The van der Waals surface area contributed by atoms with Crippen LogP contribution in [-0.4, -0.2) is 44.1 Å². The van der Waals surface area contributed by atoms with Crippen LogP contribution >= 0.6 is 0 Å². The number of hydrogen-bond acceptors (Lipinski definition) is 4. The van der Waals surface area contributed by atoms with Gasteiger partial charge in [-0.25, -0.2) is 14.5 Å². The van der Waals surface area contributed by atoms with E-state index in [0.29, 0.717) is 0 Å². The van der Waals surface area contributed by atoms with Gasteiger partial charge in [-0.3, -0.25) is 5.26 Å². The Hall–Kier alpha value is -1.54. The third-order valence-corrected chi connectivity index (χ3v) is 2.85. The second kappa shape index (κ2) is 13.9. The molecule has 0 spiro atoms.